The molecule has 0 spiro atoms. The molecule has 0 saturated heterocycles. The summed E-state index contributed by atoms with van der Waals surface area (Å²) in [7, 11) is -3.19. The van der Waals surface area contributed by atoms with Gasteiger partial charge in [-0.05, 0) is 37.3 Å². The molecule has 1 atom stereocenters. The summed E-state index contributed by atoms with van der Waals surface area (Å²) in [5, 5.41) is 1.87. The topological polar surface area (TPSA) is 27.7 Å². The van der Waals surface area contributed by atoms with E-state index in [-0.39, 0.29) is 0 Å². The molecule has 0 fully saturated rings. The van der Waals surface area contributed by atoms with Crippen LogP contribution in [0.2, 0.25) is 0 Å². The molecule has 0 aliphatic rings. The average molecular weight is 445 g/mol. The van der Waals surface area contributed by atoms with E-state index in [1.807, 2.05) is 104 Å². The Morgan fingerprint density at radius 1 is 0.677 bits per heavy atom. The van der Waals surface area contributed by atoms with E-state index in [0.717, 1.165) is 26.8 Å². The van der Waals surface area contributed by atoms with Gasteiger partial charge in [0.1, 0.15) is 17.2 Å². The summed E-state index contributed by atoms with van der Waals surface area (Å²) in [6, 6.07) is 35.5. The molecule has 156 valence electrons. The maximum atomic E-state index is 6.75. The molecule has 0 N–H and O–H groups in total. The number of ether oxygens (including phenoxy) is 1. The first-order valence-electron chi connectivity index (χ1n) is 10.2. The Labute approximate surface area is 189 Å². The minimum absolute atomic E-state index is 0.496. The molecule has 5 heteroatoms. The molecule has 0 aliphatic heterocycles. The van der Waals surface area contributed by atoms with Crippen LogP contribution in [0.15, 0.2) is 114 Å². The van der Waals surface area contributed by atoms with Crippen molar-refractivity contribution in [1.82, 2.24) is 0 Å². The second kappa shape index (κ2) is 9.88. The highest BCUT2D eigenvalue weighted by molar-refractivity contribution is 7.80. The van der Waals surface area contributed by atoms with Crippen LogP contribution in [-0.4, -0.2) is 15.2 Å². The van der Waals surface area contributed by atoms with Crippen LogP contribution < -0.4 is 19.5 Å². The smallest absolute Gasteiger partial charge is 0.472 e. The Kier molecular flexibility index (Phi) is 6.77. The van der Waals surface area contributed by atoms with Crippen LogP contribution in [0.1, 0.15) is 6.92 Å². The quantitative estimate of drug-likeness (QED) is 0.290. The van der Waals surface area contributed by atoms with Crippen molar-refractivity contribution in [3.63, 3.8) is 0 Å². The lowest BCUT2D eigenvalue weighted by molar-refractivity contribution is 0.275. The van der Waals surface area contributed by atoms with E-state index in [1.165, 1.54) is 0 Å². The van der Waals surface area contributed by atoms with Crippen molar-refractivity contribution in [2.45, 2.75) is 11.8 Å². The van der Waals surface area contributed by atoms with Crippen molar-refractivity contribution in [3.05, 3.63) is 109 Å². The highest BCUT2D eigenvalue weighted by Crippen LogP contribution is 2.30. The zero-order chi connectivity index (χ0) is 21.5. The minimum atomic E-state index is -3.19. The number of rotatable bonds is 8. The summed E-state index contributed by atoms with van der Waals surface area (Å²) < 4.78 is 19.6. The fraction of sp³-hybridized carbons (Fsp3) is 0.0769. The third-order valence-electron chi connectivity index (χ3n) is 4.82. The van der Waals surface area contributed by atoms with Gasteiger partial charge in [0.15, 0.2) is 0 Å². The van der Waals surface area contributed by atoms with Gasteiger partial charge in [-0.15, -0.1) is 12.6 Å². The molecule has 0 amide bonds. The van der Waals surface area contributed by atoms with Gasteiger partial charge in [0, 0.05) is 16.7 Å². The van der Waals surface area contributed by atoms with Gasteiger partial charge in [-0.3, -0.25) is 0 Å². The van der Waals surface area contributed by atoms with E-state index in [2.05, 4.69) is 12.1 Å². The Balaban J connectivity index is 1.92. The predicted octanol–water partition coefficient (Wildman–Crippen LogP) is 5.44. The van der Waals surface area contributed by atoms with Crippen LogP contribution in [0.5, 0.6) is 17.2 Å². The van der Waals surface area contributed by atoms with Crippen molar-refractivity contribution in [1.29, 1.82) is 0 Å². The highest BCUT2D eigenvalue weighted by atomic mass is 32.1. The van der Waals surface area contributed by atoms with E-state index in [4.69, 9.17) is 26.2 Å². The van der Waals surface area contributed by atoms with Crippen LogP contribution >= 0.6 is 12.6 Å². The van der Waals surface area contributed by atoms with Crippen LogP contribution in [0.3, 0.4) is 0 Å². The fourth-order valence-corrected chi connectivity index (χ4v) is 7.06. The maximum absolute atomic E-state index is 6.75. The second-order valence-electron chi connectivity index (χ2n) is 6.90. The van der Waals surface area contributed by atoms with Crippen molar-refractivity contribution >= 4 is 31.6 Å². The van der Waals surface area contributed by atoms with Crippen LogP contribution in [0.4, 0.5) is 0 Å². The van der Waals surface area contributed by atoms with Crippen LogP contribution in [-0.2, 0) is 4.43 Å². The van der Waals surface area contributed by atoms with Crippen LogP contribution in [0, 0.1) is 0 Å². The molecule has 0 aromatic heterocycles. The molecule has 31 heavy (non-hydrogen) atoms. The van der Waals surface area contributed by atoms with E-state index < -0.39 is 8.56 Å². The molecule has 0 bridgehead atoms. The largest absolute Gasteiger partial charge is 0.514 e. The molecule has 4 aromatic carbocycles. The van der Waals surface area contributed by atoms with Gasteiger partial charge in [0.05, 0.1) is 5.19 Å². The SMILES string of the molecule is CCO[Si](Oc1ccccc1)(c1ccccc1)c1cccc(S)c1Oc1ccccc1. The van der Waals surface area contributed by atoms with Crippen molar-refractivity contribution in [2.75, 3.05) is 6.61 Å². The van der Waals surface area contributed by atoms with Gasteiger partial charge in [0.25, 0.3) is 0 Å². The van der Waals surface area contributed by atoms with Gasteiger partial charge in [-0.2, -0.15) is 0 Å². The summed E-state index contributed by atoms with van der Waals surface area (Å²) in [5.41, 5.74) is 0. The van der Waals surface area contributed by atoms with Gasteiger partial charge in [-0.25, -0.2) is 0 Å². The Morgan fingerprint density at radius 3 is 1.87 bits per heavy atom. The molecule has 1 unspecified atom stereocenters. The first-order chi connectivity index (χ1) is 15.2. The first kappa shape index (κ1) is 21.2. The molecule has 0 radical (unpaired) electrons. The summed E-state index contributed by atoms with van der Waals surface area (Å²) in [5.74, 6) is 2.14. The number of hydrogen-bond donors (Lipinski definition) is 1. The molecular formula is C26H24O3SSi. The van der Waals surface area contributed by atoms with Gasteiger partial charge in [0.2, 0.25) is 0 Å². The Hall–Kier alpha value is -2.99. The fourth-order valence-electron chi connectivity index (χ4n) is 3.47. The lowest BCUT2D eigenvalue weighted by Crippen LogP contribution is -2.66. The molecule has 0 saturated carbocycles. The lowest BCUT2D eigenvalue weighted by Gasteiger charge is -2.33. The highest BCUT2D eigenvalue weighted by Gasteiger charge is 2.47. The van der Waals surface area contributed by atoms with Crippen molar-refractivity contribution < 1.29 is 13.6 Å². The molecule has 0 heterocycles. The molecule has 0 aliphatic carbocycles. The van der Waals surface area contributed by atoms with Gasteiger partial charge < -0.3 is 13.6 Å². The molecular weight excluding hydrogens is 420 g/mol. The number of hydrogen-bond acceptors (Lipinski definition) is 4. The third-order valence-corrected chi connectivity index (χ3v) is 8.58. The average Bonchev–Trinajstić information content (AvgIpc) is 2.82. The molecule has 4 rings (SSSR count). The van der Waals surface area contributed by atoms with Crippen molar-refractivity contribution in [3.8, 4) is 17.2 Å². The van der Waals surface area contributed by atoms with E-state index in [9.17, 15) is 0 Å². The van der Waals surface area contributed by atoms with Gasteiger partial charge >= 0.3 is 8.56 Å². The standard InChI is InChI=1S/C26H24O3SSi/c1-2-27-31(23-17-10-5-11-18-23,29-22-15-8-4-9-16-22)25-20-12-19-24(30)26(25)28-21-13-6-3-7-14-21/h3-20,30H,2H2,1H3. The third kappa shape index (κ3) is 4.69. The van der Waals surface area contributed by atoms with Gasteiger partial charge in [-0.1, -0.05) is 78.9 Å². The normalized spacial score (nSPS) is 12.7. The Morgan fingerprint density at radius 2 is 1.26 bits per heavy atom. The van der Waals surface area contributed by atoms with E-state index in [0.29, 0.717) is 12.4 Å². The summed E-state index contributed by atoms with van der Waals surface area (Å²) in [6.45, 7) is 2.48. The second-order valence-corrected chi connectivity index (χ2v) is 10.2. The number of benzene rings is 4. The zero-order valence-corrected chi connectivity index (χ0v) is 19.2. The maximum Gasteiger partial charge on any atom is 0.472 e. The monoisotopic (exact) mass is 444 g/mol. The van der Waals surface area contributed by atoms with Crippen LogP contribution in [0.25, 0.3) is 0 Å². The van der Waals surface area contributed by atoms with E-state index >= 15 is 0 Å². The van der Waals surface area contributed by atoms with Crippen molar-refractivity contribution in [2.24, 2.45) is 0 Å². The Bertz CT molecular complexity index is 1110. The summed E-state index contributed by atoms with van der Waals surface area (Å²) in [6.07, 6.45) is 0. The predicted molar refractivity (Wildman–Crippen MR) is 130 cm³/mol. The number of para-hydroxylation sites is 3. The first-order valence-corrected chi connectivity index (χ1v) is 12.5. The minimum Gasteiger partial charge on any atom is -0.514 e. The lowest BCUT2D eigenvalue weighted by atomic mass is 10.3. The summed E-state index contributed by atoms with van der Waals surface area (Å²) >= 11 is 4.72. The van der Waals surface area contributed by atoms with E-state index in [1.54, 1.807) is 0 Å². The number of thiol groups is 1. The molecule has 3 nitrogen and oxygen atoms in total. The molecule has 4 aromatic rings. The zero-order valence-electron chi connectivity index (χ0n) is 17.3. The summed E-state index contributed by atoms with van der Waals surface area (Å²) in [4.78, 5) is 0.727.